The Hall–Kier alpha value is -0.610. The van der Waals surface area contributed by atoms with E-state index in [1.807, 2.05) is 0 Å². The fraction of sp³-hybridized carbons (Fsp3) is 0.923. The third-order valence-corrected chi connectivity index (χ3v) is 4.80. The molecule has 2 bridgehead atoms. The van der Waals surface area contributed by atoms with Crippen LogP contribution >= 0.6 is 0 Å². The Balaban J connectivity index is 1.74. The topological polar surface area (TPSA) is 52.6 Å². The predicted molar refractivity (Wildman–Crippen MR) is 64.4 cm³/mol. The van der Waals surface area contributed by atoms with Crippen LogP contribution in [-0.2, 0) is 4.79 Å². The summed E-state index contributed by atoms with van der Waals surface area (Å²) in [6.45, 7) is 3.95. The lowest BCUT2D eigenvalue weighted by Gasteiger charge is -2.39. The molecule has 3 fully saturated rings. The Morgan fingerprint density at radius 2 is 1.88 bits per heavy atom. The normalized spacial score (nSPS) is 45.3. The van der Waals surface area contributed by atoms with E-state index in [0.717, 1.165) is 38.8 Å². The number of fused-ring (bicyclic) bond motifs is 2. The smallest absolute Gasteiger partial charge is 0.227 e. The second-order valence-electron chi connectivity index (χ2n) is 6.00. The van der Waals surface area contributed by atoms with Crippen LogP contribution in [0.4, 0.5) is 0 Å². The number of carbonyl (C=O) groups excluding carboxylic acids is 1. The molecule has 3 aliphatic heterocycles. The SMILES string of the molecule is C[C@@H]1CNC[C@H]1C(=O)N1C2CCC1CC(O)C2. The highest BCUT2D eigenvalue weighted by Gasteiger charge is 2.45. The summed E-state index contributed by atoms with van der Waals surface area (Å²) in [6, 6.07) is 0.619. The van der Waals surface area contributed by atoms with Crippen LogP contribution < -0.4 is 5.32 Å². The van der Waals surface area contributed by atoms with E-state index in [2.05, 4.69) is 17.1 Å². The molecule has 17 heavy (non-hydrogen) atoms. The monoisotopic (exact) mass is 238 g/mol. The molecule has 4 heteroatoms. The van der Waals surface area contributed by atoms with Crippen molar-refractivity contribution in [2.45, 2.75) is 50.8 Å². The summed E-state index contributed by atoms with van der Waals surface area (Å²) in [4.78, 5) is 14.7. The summed E-state index contributed by atoms with van der Waals surface area (Å²) in [6.07, 6.45) is 3.56. The van der Waals surface area contributed by atoms with Crippen molar-refractivity contribution in [3.05, 3.63) is 0 Å². The van der Waals surface area contributed by atoms with Gasteiger partial charge in [-0.25, -0.2) is 0 Å². The zero-order valence-electron chi connectivity index (χ0n) is 10.4. The fourth-order valence-corrected chi connectivity index (χ4v) is 3.84. The van der Waals surface area contributed by atoms with Crippen LogP contribution in [0.15, 0.2) is 0 Å². The number of nitrogens with zero attached hydrogens (tertiary/aromatic N) is 1. The largest absolute Gasteiger partial charge is 0.393 e. The first kappa shape index (κ1) is 11.5. The molecule has 0 spiro atoms. The molecule has 0 radical (unpaired) electrons. The predicted octanol–water partition coefficient (Wildman–Crippen LogP) is 0.356. The van der Waals surface area contributed by atoms with E-state index in [1.165, 1.54) is 0 Å². The van der Waals surface area contributed by atoms with E-state index < -0.39 is 0 Å². The van der Waals surface area contributed by atoms with E-state index >= 15 is 0 Å². The first-order valence-electron chi connectivity index (χ1n) is 6.87. The van der Waals surface area contributed by atoms with Crippen LogP contribution in [0.1, 0.15) is 32.6 Å². The van der Waals surface area contributed by atoms with Crippen molar-refractivity contribution in [1.29, 1.82) is 0 Å². The van der Waals surface area contributed by atoms with Crippen LogP contribution in [0, 0.1) is 11.8 Å². The van der Waals surface area contributed by atoms with Crippen molar-refractivity contribution in [3.63, 3.8) is 0 Å². The standard InChI is InChI=1S/C13H22N2O2/c1-8-6-14-7-12(8)13(17)15-9-2-3-10(15)5-11(16)4-9/h8-12,14,16H,2-7H2,1H3/t8-,9?,10?,11?,12-/m1/s1. The average Bonchev–Trinajstić information content (AvgIpc) is 2.81. The molecule has 96 valence electrons. The minimum atomic E-state index is -0.185. The maximum Gasteiger partial charge on any atom is 0.227 e. The molecule has 2 N–H and O–H groups in total. The van der Waals surface area contributed by atoms with Crippen molar-refractivity contribution >= 4 is 5.91 Å². The third-order valence-electron chi connectivity index (χ3n) is 4.80. The van der Waals surface area contributed by atoms with Gasteiger partial charge in [0.15, 0.2) is 0 Å². The maximum absolute atomic E-state index is 12.6. The number of rotatable bonds is 1. The van der Waals surface area contributed by atoms with Gasteiger partial charge in [-0.2, -0.15) is 0 Å². The number of carbonyl (C=O) groups is 1. The molecule has 4 nitrogen and oxygen atoms in total. The number of piperidine rings is 1. The lowest BCUT2D eigenvalue weighted by atomic mass is 9.92. The van der Waals surface area contributed by atoms with Gasteiger partial charge in [-0.05, 0) is 38.1 Å². The number of aliphatic hydroxyl groups excluding tert-OH is 1. The molecule has 2 unspecified atom stereocenters. The number of hydrogen-bond acceptors (Lipinski definition) is 3. The van der Waals surface area contributed by atoms with Crippen molar-refractivity contribution in [2.24, 2.45) is 11.8 Å². The highest BCUT2D eigenvalue weighted by atomic mass is 16.3. The van der Waals surface area contributed by atoms with Crippen molar-refractivity contribution in [1.82, 2.24) is 10.2 Å². The van der Waals surface area contributed by atoms with Gasteiger partial charge < -0.3 is 15.3 Å². The molecule has 3 aliphatic rings. The van der Waals surface area contributed by atoms with Gasteiger partial charge in [-0.15, -0.1) is 0 Å². The van der Waals surface area contributed by atoms with Crippen LogP contribution in [0.5, 0.6) is 0 Å². The van der Waals surface area contributed by atoms with Gasteiger partial charge in [-0.3, -0.25) is 4.79 Å². The van der Waals surface area contributed by atoms with Gasteiger partial charge in [-0.1, -0.05) is 6.92 Å². The van der Waals surface area contributed by atoms with Crippen LogP contribution in [0.25, 0.3) is 0 Å². The minimum absolute atomic E-state index is 0.161. The first-order chi connectivity index (χ1) is 8.16. The van der Waals surface area contributed by atoms with E-state index in [0.29, 0.717) is 23.9 Å². The fourth-order valence-electron chi connectivity index (χ4n) is 3.84. The van der Waals surface area contributed by atoms with Gasteiger partial charge in [0.25, 0.3) is 0 Å². The third kappa shape index (κ3) is 1.87. The van der Waals surface area contributed by atoms with Crippen LogP contribution in [-0.4, -0.2) is 47.2 Å². The summed E-state index contributed by atoms with van der Waals surface area (Å²) >= 11 is 0. The summed E-state index contributed by atoms with van der Waals surface area (Å²) in [5.74, 6) is 0.948. The number of amides is 1. The molecule has 3 rings (SSSR count). The van der Waals surface area contributed by atoms with Gasteiger partial charge in [0, 0.05) is 18.6 Å². The quantitative estimate of drug-likeness (QED) is 0.693. The number of aliphatic hydroxyl groups is 1. The summed E-state index contributed by atoms with van der Waals surface area (Å²) in [5, 5.41) is 13.1. The minimum Gasteiger partial charge on any atom is -0.393 e. The van der Waals surface area contributed by atoms with Gasteiger partial charge in [0.1, 0.15) is 0 Å². The average molecular weight is 238 g/mol. The second-order valence-corrected chi connectivity index (χ2v) is 6.00. The summed E-state index contributed by atoms with van der Waals surface area (Å²) in [5.41, 5.74) is 0. The molecule has 0 aromatic heterocycles. The van der Waals surface area contributed by atoms with Crippen LogP contribution in [0.2, 0.25) is 0 Å². The maximum atomic E-state index is 12.6. The van der Waals surface area contributed by atoms with Gasteiger partial charge >= 0.3 is 0 Å². The summed E-state index contributed by atoms with van der Waals surface area (Å²) < 4.78 is 0. The van der Waals surface area contributed by atoms with E-state index in [1.54, 1.807) is 0 Å². The summed E-state index contributed by atoms with van der Waals surface area (Å²) in [7, 11) is 0. The molecule has 3 saturated heterocycles. The molecule has 0 aromatic rings. The van der Waals surface area contributed by atoms with E-state index in [4.69, 9.17) is 0 Å². The Labute approximate surface area is 102 Å². The Kier molecular flexibility index (Phi) is 2.87. The molecular weight excluding hydrogens is 216 g/mol. The Morgan fingerprint density at radius 3 is 2.41 bits per heavy atom. The molecule has 3 heterocycles. The lowest BCUT2D eigenvalue weighted by Crippen LogP contribution is -2.51. The highest BCUT2D eigenvalue weighted by Crippen LogP contribution is 2.37. The van der Waals surface area contributed by atoms with Crippen molar-refractivity contribution in [2.75, 3.05) is 13.1 Å². The zero-order chi connectivity index (χ0) is 12.0. The molecular formula is C13H22N2O2. The van der Waals surface area contributed by atoms with Crippen molar-refractivity contribution < 1.29 is 9.90 Å². The molecule has 4 atom stereocenters. The molecule has 0 aliphatic carbocycles. The molecule has 0 aromatic carbocycles. The van der Waals surface area contributed by atoms with E-state index in [-0.39, 0.29) is 12.0 Å². The van der Waals surface area contributed by atoms with Crippen LogP contribution in [0.3, 0.4) is 0 Å². The van der Waals surface area contributed by atoms with Crippen molar-refractivity contribution in [3.8, 4) is 0 Å². The van der Waals surface area contributed by atoms with Gasteiger partial charge in [0.2, 0.25) is 5.91 Å². The zero-order valence-corrected chi connectivity index (χ0v) is 10.4. The number of nitrogens with one attached hydrogen (secondary N) is 1. The number of hydrogen-bond donors (Lipinski definition) is 2. The first-order valence-corrected chi connectivity index (χ1v) is 6.87. The van der Waals surface area contributed by atoms with Gasteiger partial charge in [0.05, 0.1) is 12.0 Å². The lowest BCUT2D eigenvalue weighted by molar-refractivity contribution is -0.142. The Morgan fingerprint density at radius 1 is 1.24 bits per heavy atom. The Bertz CT molecular complexity index is 307. The molecule has 1 amide bonds. The molecule has 0 saturated carbocycles. The highest BCUT2D eigenvalue weighted by molar-refractivity contribution is 5.81. The van der Waals surface area contributed by atoms with E-state index in [9.17, 15) is 9.90 Å². The second kappa shape index (κ2) is 4.25.